The number of carbonyl (C=O) groups excluding carboxylic acids is 2. The third kappa shape index (κ3) is 6.36. The number of carboxylic acids is 1. The predicted octanol–water partition coefficient (Wildman–Crippen LogP) is 5.84. The van der Waals surface area contributed by atoms with E-state index in [-0.39, 0.29) is 43.2 Å². The molecule has 3 aromatic carbocycles. The average Bonchev–Trinajstić information content (AvgIpc) is 3.31. The number of hydrogen-bond acceptors (Lipinski definition) is 4. The van der Waals surface area contributed by atoms with Gasteiger partial charge in [-0.15, -0.1) is 0 Å². The maximum absolute atomic E-state index is 13.7. The minimum atomic E-state index is -0.928. The number of nitrogens with zero attached hydrogens (tertiary/aromatic N) is 1. The highest BCUT2D eigenvalue weighted by Crippen LogP contribution is 2.44. The quantitative estimate of drug-likeness (QED) is 0.337. The van der Waals surface area contributed by atoms with E-state index in [1.54, 1.807) is 4.90 Å². The van der Waals surface area contributed by atoms with E-state index in [1.165, 1.54) is 11.1 Å². The minimum absolute atomic E-state index is 0.0112. The molecule has 0 aromatic heterocycles. The van der Waals surface area contributed by atoms with Gasteiger partial charge in [0.25, 0.3) is 0 Å². The molecule has 0 radical (unpaired) electrons. The topological polar surface area (TPSA) is 95.9 Å². The summed E-state index contributed by atoms with van der Waals surface area (Å²) in [5, 5.41) is 12.2. The Bertz CT molecular complexity index is 1300. The number of amides is 2. The molecule has 7 nitrogen and oxygen atoms in total. The SMILES string of the molecule is O=C(O)CCN(Cc1ccccc1)C(=O)[C@H]1CCCC[C@H]1CNC(=O)OCC1c2ccccc2-c2ccccc21. The summed E-state index contributed by atoms with van der Waals surface area (Å²) < 4.78 is 5.71. The van der Waals surface area contributed by atoms with E-state index < -0.39 is 12.1 Å². The number of benzene rings is 3. The fourth-order valence-corrected chi connectivity index (χ4v) is 6.18. The molecule has 0 spiro atoms. The van der Waals surface area contributed by atoms with Crippen LogP contribution < -0.4 is 5.32 Å². The van der Waals surface area contributed by atoms with Crippen LogP contribution in [0.5, 0.6) is 0 Å². The Morgan fingerprint density at radius 3 is 2.15 bits per heavy atom. The van der Waals surface area contributed by atoms with Crippen LogP contribution in [0.2, 0.25) is 0 Å². The lowest BCUT2D eigenvalue weighted by molar-refractivity contribution is -0.141. The average molecular weight is 541 g/mol. The van der Waals surface area contributed by atoms with Crippen molar-refractivity contribution in [3.63, 3.8) is 0 Å². The van der Waals surface area contributed by atoms with Gasteiger partial charge in [0, 0.05) is 31.5 Å². The monoisotopic (exact) mass is 540 g/mol. The van der Waals surface area contributed by atoms with Crippen molar-refractivity contribution in [3.05, 3.63) is 95.6 Å². The Balaban J connectivity index is 1.20. The maximum atomic E-state index is 13.7. The number of fused-ring (bicyclic) bond motifs is 3. The molecule has 7 heteroatoms. The molecule has 3 aromatic rings. The molecular formula is C33H36N2O5. The number of alkyl carbamates (subject to hydrolysis) is 1. The number of rotatable bonds is 10. The first kappa shape index (κ1) is 27.4. The van der Waals surface area contributed by atoms with Crippen LogP contribution in [0.1, 0.15) is 54.7 Å². The van der Waals surface area contributed by atoms with Gasteiger partial charge in [-0.25, -0.2) is 4.79 Å². The fourth-order valence-electron chi connectivity index (χ4n) is 6.18. The van der Waals surface area contributed by atoms with E-state index >= 15 is 0 Å². The lowest BCUT2D eigenvalue weighted by Gasteiger charge is -2.35. The molecule has 5 rings (SSSR count). The first-order valence-corrected chi connectivity index (χ1v) is 14.1. The molecule has 1 saturated carbocycles. The van der Waals surface area contributed by atoms with Gasteiger partial charge in [0.05, 0.1) is 6.42 Å². The van der Waals surface area contributed by atoms with E-state index in [4.69, 9.17) is 4.74 Å². The first-order valence-electron chi connectivity index (χ1n) is 14.1. The highest BCUT2D eigenvalue weighted by molar-refractivity contribution is 5.80. The van der Waals surface area contributed by atoms with Gasteiger partial charge in [0.2, 0.25) is 5.91 Å². The lowest BCUT2D eigenvalue weighted by atomic mass is 9.78. The molecular weight excluding hydrogens is 504 g/mol. The van der Waals surface area contributed by atoms with Gasteiger partial charge in [-0.2, -0.15) is 0 Å². The van der Waals surface area contributed by atoms with Crippen LogP contribution in [0, 0.1) is 11.8 Å². The summed E-state index contributed by atoms with van der Waals surface area (Å²) >= 11 is 0. The van der Waals surface area contributed by atoms with E-state index in [2.05, 4.69) is 29.6 Å². The fraction of sp³-hybridized carbons (Fsp3) is 0.364. The van der Waals surface area contributed by atoms with Crippen molar-refractivity contribution >= 4 is 18.0 Å². The number of aliphatic carboxylic acids is 1. The van der Waals surface area contributed by atoms with Crippen LogP contribution in [0.15, 0.2) is 78.9 Å². The van der Waals surface area contributed by atoms with Gasteiger partial charge in [0.1, 0.15) is 6.61 Å². The molecule has 0 bridgehead atoms. The van der Waals surface area contributed by atoms with Crippen molar-refractivity contribution < 1.29 is 24.2 Å². The summed E-state index contributed by atoms with van der Waals surface area (Å²) in [6, 6.07) is 26.1. The van der Waals surface area contributed by atoms with Crippen molar-refractivity contribution in [1.82, 2.24) is 10.2 Å². The molecule has 2 N–H and O–H groups in total. The molecule has 2 amide bonds. The second kappa shape index (κ2) is 12.8. The van der Waals surface area contributed by atoms with Crippen molar-refractivity contribution in [2.75, 3.05) is 19.7 Å². The number of ether oxygens (including phenoxy) is 1. The van der Waals surface area contributed by atoms with Gasteiger partial charge in [0.15, 0.2) is 0 Å². The number of carboxylic acid groups (broad SMARTS) is 1. The Morgan fingerprint density at radius 1 is 0.850 bits per heavy atom. The third-order valence-electron chi connectivity index (χ3n) is 8.20. The van der Waals surface area contributed by atoms with Gasteiger partial charge in [-0.1, -0.05) is 91.7 Å². The van der Waals surface area contributed by atoms with E-state index in [0.29, 0.717) is 13.1 Å². The Labute approximate surface area is 235 Å². The predicted molar refractivity (Wildman–Crippen MR) is 153 cm³/mol. The largest absolute Gasteiger partial charge is 0.481 e. The summed E-state index contributed by atoms with van der Waals surface area (Å²) in [5.74, 6) is -1.26. The van der Waals surface area contributed by atoms with Crippen LogP contribution in [-0.2, 0) is 20.9 Å². The molecule has 2 aliphatic rings. The van der Waals surface area contributed by atoms with Crippen LogP contribution >= 0.6 is 0 Å². The molecule has 1 fully saturated rings. The van der Waals surface area contributed by atoms with E-state index in [0.717, 1.165) is 42.4 Å². The van der Waals surface area contributed by atoms with Gasteiger partial charge < -0.3 is 20.1 Å². The first-order chi connectivity index (χ1) is 19.5. The van der Waals surface area contributed by atoms with Crippen molar-refractivity contribution in [1.29, 1.82) is 0 Å². The van der Waals surface area contributed by atoms with Crippen LogP contribution in [0.3, 0.4) is 0 Å². The molecule has 208 valence electrons. The standard InChI is InChI=1S/C33H36N2O5/c36-31(37)18-19-35(21-23-10-2-1-3-11-23)32(38)25-13-5-4-12-24(25)20-34-33(39)40-22-30-28-16-8-6-14-26(28)27-15-7-9-17-29(27)30/h1-3,6-11,14-17,24-25,30H,4-5,12-13,18-22H2,(H,34,39)(H,36,37)/t24-,25-/m0/s1. The minimum Gasteiger partial charge on any atom is -0.481 e. The number of nitrogens with one attached hydrogen (secondary N) is 1. The zero-order valence-corrected chi connectivity index (χ0v) is 22.6. The smallest absolute Gasteiger partial charge is 0.407 e. The molecule has 0 unspecified atom stereocenters. The number of hydrogen-bond donors (Lipinski definition) is 2. The zero-order valence-electron chi connectivity index (χ0n) is 22.6. The summed E-state index contributed by atoms with van der Waals surface area (Å²) in [7, 11) is 0. The second-order valence-electron chi connectivity index (χ2n) is 10.7. The van der Waals surface area contributed by atoms with Crippen molar-refractivity contribution in [2.45, 2.75) is 44.6 Å². The van der Waals surface area contributed by atoms with Gasteiger partial charge in [-0.05, 0) is 46.6 Å². The van der Waals surface area contributed by atoms with E-state index in [1.807, 2.05) is 54.6 Å². The van der Waals surface area contributed by atoms with Gasteiger partial charge in [-0.3, -0.25) is 9.59 Å². The van der Waals surface area contributed by atoms with E-state index in [9.17, 15) is 19.5 Å². The summed E-state index contributed by atoms with van der Waals surface area (Å²) in [4.78, 5) is 39.5. The highest BCUT2D eigenvalue weighted by atomic mass is 16.5. The maximum Gasteiger partial charge on any atom is 0.407 e. The summed E-state index contributed by atoms with van der Waals surface area (Å²) in [6.07, 6.45) is 2.91. The van der Waals surface area contributed by atoms with Crippen LogP contribution in [-0.4, -0.2) is 47.7 Å². The Morgan fingerprint density at radius 2 is 1.48 bits per heavy atom. The second-order valence-corrected chi connectivity index (χ2v) is 10.7. The van der Waals surface area contributed by atoms with Crippen LogP contribution in [0.4, 0.5) is 4.79 Å². The normalized spacial score (nSPS) is 17.9. The van der Waals surface area contributed by atoms with Gasteiger partial charge >= 0.3 is 12.1 Å². The molecule has 0 heterocycles. The van der Waals surface area contributed by atoms with Crippen LogP contribution in [0.25, 0.3) is 11.1 Å². The molecule has 0 saturated heterocycles. The third-order valence-corrected chi connectivity index (χ3v) is 8.20. The van der Waals surface area contributed by atoms with Crippen molar-refractivity contribution in [2.24, 2.45) is 11.8 Å². The molecule has 2 aliphatic carbocycles. The van der Waals surface area contributed by atoms with Crippen molar-refractivity contribution in [3.8, 4) is 11.1 Å². The Kier molecular flexibility index (Phi) is 8.79. The zero-order chi connectivity index (χ0) is 27.9. The Hall–Kier alpha value is -4.13. The molecule has 40 heavy (non-hydrogen) atoms. The lowest BCUT2D eigenvalue weighted by Crippen LogP contribution is -2.44. The molecule has 0 aliphatic heterocycles. The molecule has 2 atom stereocenters. The summed E-state index contributed by atoms with van der Waals surface area (Å²) in [6.45, 7) is 1.13. The highest BCUT2D eigenvalue weighted by Gasteiger charge is 2.34. The summed E-state index contributed by atoms with van der Waals surface area (Å²) in [5.41, 5.74) is 5.64. The number of carbonyl (C=O) groups is 3.